The van der Waals surface area contributed by atoms with Crippen LogP contribution in [-0.4, -0.2) is 13.1 Å². The normalized spacial score (nSPS) is 19.7. The summed E-state index contributed by atoms with van der Waals surface area (Å²) in [4.78, 5) is 11.0. The molecule has 0 spiro atoms. The fourth-order valence-electron chi connectivity index (χ4n) is 1.71. The Hall–Kier alpha value is -0.790. The third kappa shape index (κ3) is 2.36. The van der Waals surface area contributed by atoms with Crippen molar-refractivity contribution in [2.45, 2.75) is 32.6 Å². The minimum Gasteiger partial charge on any atom is -0.466 e. The number of esters is 1. The minimum absolute atomic E-state index is 0.193. The molecule has 1 saturated carbocycles. The van der Waals surface area contributed by atoms with Gasteiger partial charge in [0, 0.05) is 5.57 Å². The first-order valence-electron chi connectivity index (χ1n) is 4.51. The molecule has 12 heavy (non-hydrogen) atoms. The quantitative estimate of drug-likeness (QED) is 0.467. The lowest BCUT2D eigenvalue weighted by Gasteiger charge is -2.03. The Labute approximate surface area is 73.6 Å². The van der Waals surface area contributed by atoms with Gasteiger partial charge in [-0.25, -0.2) is 4.79 Å². The van der Waals surface area contributed by atoms with E-state index in [4.69, 9.17) is 0 Å². The summed E-state index contributed by atoms with van der Waals surface area (Å²) in [6.45, 7) is 1.82. The molecule has 0 aromatic heterocycles. The van der Waals surface area contributed by atoms with Crippen molar-refractivity contribution in [3.05, 3.63) is 11.6 Å². The zero-order chi connectivity index (χ0) is 8.97. The third-order valence-corrected chi connectivity index (χ3v) is 2.39. The summed E-state index contributed by atoms with van der Waals surface area (Å²) < 4.78 is 4.62. The van der Waals surface area contributed by atoms with Gasteiger partial charge in [-0.3, -0.25) is 0 Å². The summed E-state index contributed by atoms with van der Waals surface area (Å²) in [6, 6.07) is 0. The zero-order valence-corrected chi connectivity index (χ0v) is 7.80. The largest absolute Gasteiger partial charge is 0.466 e. The molecule has 68 valence electrons. The van der Waals surface area contributed by atoms with E-state index < -0.39 is 0 Å². The van der Waals surface area contributed by atoms with Gasteiger partial charge < -0.3 is 4.74 Å². The molecule has 2 heteroatoms. The maximum absolute atomic E-state index is 11.0. The Balaban J connectivity index is 2.48. The third-order valence-electron chi connectivity index (χ3n) is 2.39. The second-order valence-corrected chi connectivity index (χ2v) is 3.39. The molecule has 0 unspecified atom stereocenters. The van der Waals surface area contributed by atoms with Crippen LogP contribution in [0.15, 0.2) is 11.6 Å². The van der Waals surface area contributed by atoms with Gasteiger partial charge in [0.2, 0.25) is 0 Å². The van der Waals surface area contributed by atoms with Crippen LogP contribution in [0.4, 0.5) is 0 Å². The number of allylic oxidation sites excluding steroid dienone is 1. The van der Waals surface area contributed by atoms with Crippen LogP contribution in [0.5, 0.6) is 0 Å². The SMILES string of the molecule is COC(=O)/C(C)=C/C1CCCC1. The summed E-state index contributed by atoms with van der Waals surface area (Å²) in [5.41, 5.74) is 0.754. The molecule has 1 fully saturated rings. The molecule has 0 aromatic carbocycles. The van der Waals surface area contributed by atoms with E-state index in [1.807, 2.05) is 6.92 Å². The highest BCUT2D eigenvalue weighted by Crippen LogP contribution is 2.26. The molecule has 1 aliphatic carbocycles. The van der Waals surface area contributed by atoms with Crippen molar-refractivity contribution >= 4 is 5.97 Å². The highest BCUT2D eigenvalue weighted by molar-refractivity contribution is 5.87. The number of hydrogen-bond donors (Lipinski definition) is 0. The molecule has 2 nitrogen and oxygen atoms in total. The Bertz CT molecular complexity index is 188. The van der Waals surface area contributed by atoms with Gasteiger partial charge in [-0.2, -0.15) is 0 Å². The van der Waals surface area contributed by atoms with Gasteiger partial charge in [0.05, 0.1) is 7.11 Å². The Morgan fingerprint density at radius 2 is 2.00 bits per heavy atom. The topological polar surface area (TPSA) is 26.3 Å². The van der Waals surface area contributed by atoms with Crippen molar-refractivity contribution in [2.24, 2.45) is 5.92 Å². The van der Waals surface area contributed by atoms with Crippen molar-refractivity contribution in [2.75, 3.05) is 7.11 Å². The first kappa shape index (κ1) is 9.30. The predicted octanol–water partition coefficient (Wildman–Crippen LogP) is 2.30. The average Bonchev–Trinajstić information content (AvgIpc) is 2.55. The molecule has 0 aliphatic heterocycles. The fourth-order valence-corrected chi connectivity index (χ4v) is 1.71. The summed E-state index contributed by atoms with van der Waals surface area (Å²) in [5, 5.41) is 0. The van der Waals surface area contributed by atoms with Gasteiger partial charge in [0.15, 0.2) is 0 Å². The lowest BCUT2D eigenvalue weighted by atomic mass is 10.1. The monoisotopic (exact) mass is 168 g/mol. The van der Waals surface area contributed by atoms with Crippen LogP contribution in [0, 0.1) is 5.92 Å². The van der Waals surface area contributed by atoms with Gasteiger partial charge in [-0.1, -0.05) is 18.9 Å². The molecule has 0 atom stereocenters. The summed E-state index contributed by atoms with van der Waals surface area (Å²) in [6.07, 6.45) is 7.12. The van der Waals surface area contributed by atoms with E-state index in [0.717, 1.165) is 5.57 Å². The molecule has 0 heterocycles. The first-order valence-corrected chi connectivity index (χ1v) is 4.51. The van der Waals surface area contributed by atoms with Crippen molar-refractivity contribution < 1.29 is 9.53 Å². The highest BCUT2D eigenvalue weighted by atomic mass is 16.5. The predicted molar refractivity (Wildman–Crippen MR) is 47.7 cm³/mol. The van der Waals surface area contributed by atoms with Crippen molar-refractivity contribution in [1.29, 1.82) is 0 Å². The van der Waals surface area contributed by atoms with Gasteiger partial charge >= 0.3 is 5.97 Å². The maximum atomic E-state index is 11.0. The molecule has 1 rings (SSSR count). The van der Waals surface area contributed by atoms with Crippen LogP contribution in [0.2, 0.25) is 0 Å². The van der Waals surface area contributed by atoms with Gasteiger partial charge in [0.25, 0.3) is 0 Å². The van der Waals surface area contributed by atoms with Crippen LogP contribution < -0.4 is 0 Å². The van der Waals surface area contributed by atoms with Crippen LogP contribution >= 0.6 is 0 Å². The molecule has 1 aliphatic rings. The van der Waals surface area contributed by atoms with E-state index in [9.17, 15) is 4.79 Å². The number of carbonyl (C=O) groups excluding carboxylic acids is 1. The summed E-state index contributed by atoms with van der Waals surface area (Å²) in [5.74, 6) is 0.422. The minimum atomic E-state index is -0.193. The van der Waals surface area contributed by atoms with E-state index in [-0.39, 0.29) is 5.97 Å². The molecular weight excluding hydrogens is 152 g/mol. The average molecular weight is 168 g/mol. The van der Waals surface area contributed by atoms with Gasteiger partial charge in [-0.15, -0.1) is 0 Å². The lowest BCUT2D eigenvalue weighted by Crippen LogP contribution is -2.03. The molecular formula is C10H16O2. The summed E-state index contributed by atoms with van der Waals surface area (Å²) >= 11 is 0. The number of ether oxygens (including phenoxy) is 1. The van der Waals surface area contributed by atoms with Crippen LogP contribution in [-0.2, 0) is 9.53 Å². The second-order valence-electron chi connectivity index (χ2n) is 3.39. The zero-order valence-electron chi connectivity index (χ0n) is 7.80. The molecule has 0 amide bonds. The van der Waals surface area contributed by atoms with E-state index in [1.54, 1.807) is 0 Å². The Kier molecular flexibility index (Phi) is 3.32. The van der Waals surface area contributed by atoms with E-state index in [2.05, 4.69) is 10.8 Å². The lowest BCUT2D eigenvalue weighted by molar-refractivity contribution is -0.136. The maximum Gasteiger partial charge on any atom is 0.333 e. The van der Waals surface area contributed by atoms with Crippen molar-refractivity contribution in [1.82, 2.24) is 0 Å². The molecule has 0 bridgehead atoms. The standard InChI is InChI=1S/C10H16O2/c1-8(10(11)12-2)7-9-5-3-4-6-9/h7,9H,3-6H2,1-2H3/b8-7+. The van der Waals surface area contributed by atoms with Crippen LogP contribution in [0.3, 0.4) is 0 Å². The first-order chi connectivity index (χ1) is 5.74. The van der Waals surface area contributed by atoms with Crippen LogP contribution in [0.1, 0.15) is 32.6 Å². The number of methoxy groups -OCH3 is 1. The Morgan fingerprint density at radius 3 is 2.50 bits per heavy atom. The molecule has 0 saturated heterocycles. The number of rotatable bonds is 2. The molecule has 0 aromatic rings. The van der Waals surface area contributed by atoms with Gasteiger partial charge in [0.1, 0.15) is 0 Å². The second kappa shape index (κ2) is 4.29. The van der Waals surface area contributed by atoms with E-state index >= 15 is 0 Å². The fraction of sp³-hybridized carbons (Fsp3) is 0.700. The highest BCUT2D eigenvalue weighted by Gasteiger charge is 2.14. The van der Waals surface area contributed by atoms with Crippen LogP contribution in [0.25, 0.3) is 0 Å². The molecule has 0 radical (unpaired) electrons. The Morgan fingerprint density at radius 1 is 1.42 bits per heavy atom. The smallest absolute Gasteiger partial charge is 0.333 e. The van der Waals surface area contributed by atoms with E-state index in [1.165, 1.54) is 32.8 Å². The number of carbonyl (C=O) groups is 1. The molecule has 0 N–H and O–H groups in total. The van der Waals surface area contributed by atoms with Crippen molar-refractivity contribution in [3.8, 4) is 0 Å². The number of hydrogen-bond acceptors (Lipinski definition) is 2. The van der Waals surface area contributed by atoms with Crippen molar-refractivity contribution in [3.63, 3.8) is 0 Å². The van der Waals surface area contributed by atoms with Gasteiger partial charge in [-0.05, 0) is 25.7 Å². The summed E-state index contributed by atoms with van der Waals surface area (Å²) in [7, 11) is 1.42. The van der Waals surface area contributed by atoms with E-state index in [0.29, 0.717) is 5.92 Å².